The molecule has 1 heterocycles. The fourth-order valence-electron chi connectivity index (χ4n) is 3.13. The van der Waals surface area contributed by atoms with Crippen LogP contribution < -0.4 is 5.32 Å². The number of rotatable bonds is 5. The van der Waals surface area contributed by atoms with Gasteiger partial charge in [-0.1, -0.05) is 72.8 Å². The Kier molecular flexibility index (Phi) is 4.88. The van der Waals surface area contributed by atoms with Crippen LogP contribution in [0.2, 0.25) is 0 Å². The molecule has 4 nitrogen and oxygen atoms in total. The Morgan fingerprint density at radius 3 is 2.52 bits per heavy atom. The van der Waals surface area contributed by atoms with E-state index in [1.165, 1.54) is 6.33 Å². The summed E-state index contributed by atoms with van der Waals surface area (Å²) in [6.07, 6.45) is 1.88. The fourth-order valence-corrected chi connectivity index (χ4v) is 3.13. The molecule has 132 valence electrons. The van der Waals surface area contributed by atoms with Gasteiger partial charge in [-0.15, -0.1) is 0 Å². The van der Waals surface area contributed by atoms with Crippen molar-refractivity contribution < 1.29 is 4.79 Å². The zero-order valence-electron chi connectivity index (χ0n) is 14.8. The van der Waals surface area contributed by atoms with E-state index >= 15 is 0 Å². The van der Waals surface area contributed by atoms with Crippen LogP contribution in [0.25, 0.3) is 22.0 Å². The molecule has 0 bridgehead atoms. The highest BCUT2D eigenvalue weighted by atomic mass is 16.1. The predicted octanol–water partition coefficient (Wildman–Crippen LogP) is 4.16. The molecule has 27 heavy (non-hydrogen) atoms. The van der Waals surface area contributed by atoms with Crippen LogP contribution in [0.15, 0.2) is 85.2 Å². The van der Waals surface area contributed by atoms with Gasteiger partial charge in [-0.2, -0.15) is 0 Å². The molecule has 0 aliphatic heterocycles. The molecule has 0 unspecified atom stereocenters. The smallest absolute Gasteiger partial charge is 0.224 e. The summed E-state index contributed by atoms with van der Waals surface area (Å²) in [6, 6.07) is 26.0. The second-order valence-electron chi connectivity index (χ2n) is 6.35. The molecule has 0 spiro atoms. The van der Waals surface area contributed by atoms with Gasteiger partial charge >= 0.3 is 0 Å². The third-order valence-corrected chi connectivity index (χ3v) is 4.49. The number of fused-ring (bicyclic) bond motifs is 1. The van der Waals surface area contributed by atoms with Crippen molar-refractivity contribution in [3.8, 4) is 11.3 Å². The molecular formula is C23H19N3O. The maximum atomic E-state index is 12.4. The van der Waals surface area contributed by atoms with Crippen molar-refractivity contribution in [3.63, 3.8) is 0 Å². The van der Waals surface area contributed by atoms with Crippen LogP contribution in [0, 0.1) is 0 Å². The molecule has 1 N–H and O–H groups in total. The lowest BCUT2D eigenvalue weighted by Crippen LogP contribution is -2.25. The van der Waals surface area contributed by atoms with E-state index in [2.05, 4.69) is 33.5 Å². The van der Waals surface area contributed by atoms with Gasteiger partial charge in [-0.05, 0) is 22.4 Å². The van der Waals surface area contributed by atoms with Gasteiger partial charge in [0.25, 0.3) is 0 Å². The van der Waals surface area contributed by atoms with Crippen molar-refractivity contribution in [2.45, 2.75) is 13.0 Å². The SMILES string of the molecule is O=C(Cc1cccc2ccccc12)NCc1cc(-c2ccccc2)ncn1. The van der Waals surface area contributed by atoms with Gasteiger partial charge in [0.1, 0.15) is 6.33 Å². The fraction of sp³-hybridized carbons (Fsp3) is 0.0870. The summed E-state index contributed by atoms with van der Waals surface area (Å²) in [4.78, 5) is 21.0. The number of aromatic nitrogens is 2. The first-order chi connectivity index (χ1) is 13.3. The zero-order chi connectivity index (χ0) is 18.5. The Bertz CT molecular complexity index is 1070. The van der Waals surface area contributed by atoms with Crippen LogP contribution in [-0.2, 0) is 17.8 Å². The highest BCUT2D eigenvalue weighted by Crippen LogP contribution is 2.19. The van der Waals surface area contributed by atoms with Gasteiger partial charge in [0.15, 0.2) is 0 Å². The molecule has 4 heteroatoms. The first-order valence-electron chi connectivity index (χ1n) is 8.89. The van der Waals surface area contributed by atoms with E-state index in [4.69, 9.17) is 0 Å². The van der Waals surface area contributed by atoms with E-state index in [1.54, 1.807) is 0 Å². The van der Waals surface area contributed by atoms with Gasteiger partial charge in [-0.3, -0.25) is 4.79 Å². The molecule has 0 saturated carbocycles. The van der Waals surface area contributed by atoms with Gasteiger partial charge in [0.05, 0.1) is 24.4 Å². The molecule has 0 aliphatic rings. The molecule has 3 aromatic carbocycles. The maximum Gasteiger partial charge on any atom is 0.224 e. The van der Waals surface area contributed by atoms with Gasteiger partial charge in [0.2, 0.25) is 5.91 Å². The first-order valence-corrected chi connectivity index (χ1v) is 8.89. The summed E-state index contributed by atoms with van der Waals surface area (Å²) in [5.74, 6) is -0.0220. The largest absolute Gasteiger partial charge is 0.350 e. The Morgan fingerprint density at radius 1 is 0.852 bits per heavy atom. The van der Waals surface area contributed by atoms with Gasteiger partial charge < -0.3 is 5.32 Å². The lowest BCUT2D eigenvalue weighted by molar-refractivity contribution is -0.120. The summed E-state index contributed by atoms with van der Waals surface area (Å²) < 4.78 is 0. The molecular weight excluding hydrogens is 334 g/mol. The van der Waals surface area contributed by atoms with E-state index in [0.717, 1.165) is 33.3 Å². The van der Waals surface area contributed by atoms with Crippen molar-refractivity contribution in [1.82, 2.24) is 15.3 Å². The quantitative estimate of drug-likeness (QED) is 0.586. The molecule has 1 amide bonds. The lowest BCUT2D eigenvalue weighted by atomic mass is 10.0. The minimum Gasteiger partial charge on any atom is -0.350 e. The van der Waals surface area contributed by atoms with Gasteiger partial charge in [-0.25, -0.2) is 9.97 Å². The van der Waals surface area contributed by atoms with Crippen molar-refractivity contribution in [2.24, 2.45) is 0 Å². The molecule has 4 rings (SSSR count). The van der Waals surface area contributed by atoms with Crippen LogP contribution in [0.1, 0.15) is 11.3 Å². The van der Waals surface area contributed by atoms with Crippen molar-refractivity contribution in [1.29, 1.82) is 0 Å². The van der Waals surface area contributed by atoms with E-state index in [1.807, 2.05) is 60.7 Å². The minimum atomic E-state index is -0.0220. The van der Waals surface area contributed by atoms with Crippen LogP contribution in [0.3, 0.4) is 0 Å². The topological polar surface area (TPSA) is 54.9 Å². The first kappa shape index (κ1) is 16.9. The Balaban J connectivity index is 1.44. The number of carbonyl (C=O) groups excluding carboxylic acids is 1. The Hall–Kier alpha value is -3.53. The number of hydrogen-bond donors (Lipinski definition) is 1. The highest BCUT2D eigenvalue weighted by Gasteiger charge is 2.08. The summed E-state index contributed by atoms with van der Waals surface area (Å²) in [7, 11) is 0. The third kappa shape index (κ3) is 4.01. The van der Waals surface area contributed by atoms with E-state index in [9.17, 15) is 4.79 Å². The second-order valence-corrected chi connectivity index (χ2v) is 6.35. The number of amides is 1. The van der Waals surface area contributed by atoms with Crippen LogP contribution in [-0.4, -0.2) is 15.9 Å². The second kappa shape index (κ2) is 7.79. The average Bonchev–Trinajstić information content (AvgIpc) is 2.73. The molecule has 0 radical (unpaired) electrons. The molecule has 0 aliphatic carbocycles. The highest BCUT2D eigenvalue weighted by molar-refractivity contribution is 5.90. The molecule has 0 fully saturated rings. The predicted molar refractivity (Wildman–Crippen MR) is 107 cm³/mol. The van der Waals surface area contributed by atoms with Crippen molar-refractivity contribution in [3.05, 3.63) is 96.4 Å². The Labute approximate surface area is 157 Å². The van der Waals surface area contributed by atoms with Crippen LogP contribution >= 0.6 is 0 Å². The van der Waals surface area contributed by atoms with E-state index in [-0.39, 0.29) is 5.91 Å². The van der Waals surface area contributed by atoms with Crippen LogP contribution in [0.5, 0.6) is 0 Å². The average molecular weight is 353 g/mol. The molecule has 4 aromatic rings. The number of benzene rings is 3. The Morgan fingerprint density at radius 2 is 1.63 bits per heavy atom. The minimum absolute atomic E-state index is 0.0220. The number of carbonyl (C=O) groups is 1. The molecule has 0 saturated heterocycles. The summed E-state index contributed by atoms with van der Waals surface area (Å²) in [6.45, 7) is 0.381. The monoisotopic (exact) mass is 353 g/mol. The van der Waals surface area contributed by atoms with Gasteiger partial charge in [0, 0.05) is 5.56 Å². The standard InChI is InChI=1S/C23H19N3O/c27-23(13-19-11-6-10-17-7-4-5-12-21(17)19)24-15-20-14-22(26-16-25-20)18-8-2-1-3-9-18/h1-12,14,16H,13,15H2,(H,24,27). The summed E-state index contributed by atoms with van der Waals surface area (Å²) in [5, 5.41) is 5.22. The molecule has 0 atom stereocenters. The number of hydrogen-bond acceptors (Lipinski definition) is 3. The maximum absolute atomic E-state index is 12.4. The normalized spacial score (nSPS) is 10.7. The third-order valence-electron chi connectivity index (χ3n) is 4.49. The summed E-state index contributed by atoms with van der Waals surface area (Å²) in [5.41, 5.74) is 3.69. The lowest BCUT2D eigenvalue weighted by Gasteiger charge is -2.08. The number of nitrogens with zero attached hydrogens (tertiary/aromatic N) is 2. The van der Waals surface area contributed by atoms with E-state index < -0.39 is 0 Å². The van der Waals surface area contributed by atoms with Crippen molar-refractivity contribution in [2.75, 3.05) is 0 Å². The van der Waals surface area contributed by atoms with Crippen molar-refractivity contribution >= 4 is 16.7 Å². The van der Waals surface area contributed by atoms with E-state index in [0.29, 0.717) is 13.0 Å². The summed E-state index contributed by atoms with van der Waals surface area (Å²) >= 11 is 0. The number of nitrogens with one attached hydrogen (secondary N) is 1. The van der Waals surface area contributed by atoms with Crippen LogP contribution in [0.4, 0.5) is 0 Å². The zero-order valence-corrected chi connectivity index (χ0v) is 14.8. The molecule has 1 aromatic heterocycles.